The van der Waals surface area contributed by atoms with E-state index in [0.29, 0.717) is 34.8 Å². The van der Waals surface area contributed by atoms with E-state index < -0.39 is 17.3 Å². The summed E-state index contributed by atoms with van der Waals surface area (Å²) in [6.07, 6.45) is 6.90. The Morgan fingerprint density at radius 1 is 0.925 bits per heavy atom. The number of Topliss-reactive ketones (excluding diaryl/α,β-unsaturated/α-hetero) is 1. The fourth-order valence-electron chi connectivity index (χ4n) is 6.29. The zero-order valence-corrected chi connectivity index (χ0v) is 32.8. The summed E-state index contributed by atoms with van der Waals surface area (Å²) in [5.41, 5.74) is 1.22. The van der Waals surface area contributed by atoms with Gasteiger partial charge >= 0.3 is 0 Å². The third-order valence-electron chi connectivity index (χ3n) is 9.47. The number of aromatic hydroxyl groups is 1. The Hall–Kier alpha value is -3.96. The monoisotopic (exact) mass is 753 g/mol. The van der Waals surface area contributed by atoms with Crippen LogP contribution in [-0.4, -0.2) is 91.4 Å². The van der Waals surface area contributed by atoms with Gasteiger partial charge in [0, 0.05) is 44.1 Å². The van der Waals surface area contributed by atoms with E-state index in [4.69, 9.17) is 28.4 Å². The molecule has 6 rings (SSSR count). The van der Waals surface area contributed by atoms with Gasteiger partial charge < -0.3 is 38.6 Å². The highest BCUT2D eigenvalue weighted by molar-refractivity contribution is 6.01. The summed E-state index contributed by atoms with van der Waals surface area (Å²) in [6.45, 7) is 16.1. The predicted octanol–water partition coefficient (Wildman–Crippen LogP) is 7.47. The fraction of sp³-hybridized carbons (Fsp3) is 0.500. The van der Waals surface area contributed by atoms with E-state index in [2.05, 4.69) is 11.8 Å². The Labute approximate surface area is 320 Å². The number of phenols is 1. The number of aliphatic hydroxyl groups excluding tert-OH is 1. The number of methoxy groups -OCH3 is 1. The van der Waals surface area contributed by atoms with Gasteiger partial charge in [-0.15, -0.1) is 12.4 Å². The van der Waals surface area contributed by atoms with E-state index in [0.717, 1.165) is 82.4 Å². The van der Waals surface area contributed by atoms with Crippen LogP contribution >= 0.6 is 12.4 Å². The topological polar surface area (TPSA) is 116 Å². The highest BCUT2D eigenvalue weighted by atomic mass is 35.5. The van der Waals surface area contributed by atoms with Crippen LogP contribution in [0, 0.1) is 0 Å². The van der Waals surface area contributed by atoms with Gasteiger partial charge in [-0.05, 0) is 94.7 Å². The Kier molecular flexibility index (Phi) is 14.9. The molecule has 1 atom stereocenters. The van der Waals surface area contributed by atoms with Gasteiger partial charge in [0.25, 0.3) is 0 Å². The number of carbonyl (C=O) groups excluding carboxylic acids is 1. The van der Waals surface area contributed by atoms with E-state index >= 15 is 0 Å². The summed E-state index contributed by atoms with van der Waals surface area (Å²) in [6, 6.07) is 14.6. The van der Waals surface area contributed by atoms with Crippen LogP contribution < -0.4 is 23.7 Å². The largest absolute Gasteiger partial charge is 0.507 e. The lowest BCUT2D eigenvalue weighted by molar-refractivity contribution is -0.0412. The van der Waals surface area contributed by atoms with Crippen molar-refractivity contribution in [2.24, 2.45) is 0 Å². The van der Waals surface area contributed by atoms with Crippen molar-refractivity contribution in [1.82, 2.24) is 4.90 Å². The first-order valence-electron chi connectivity index (χ1n) is 18.4. The quantitative estimate of drug-likeness (QED) is 0.135. The first-order valence-corrected chi connectivity index (χ1v) is 18.4. The number of phenolic OH excluding ortho intramolecular Hbond substituents is 1. The SMILES string of the molecule is CCCCOc1ccc(OCCCN2CCOCC2)cc1.COc1c(CC(=O)c2cc3c(cc2O)OC(C)(C)C(O)C3)ccc2c1C=CC(C)(C)O2.Cl. The molecule has 3 heterocycles. The van der Waals surface area contributed by atoms with Crippen molar-refractivity contribution in [3.05, 3.63) is 76.9 Å². The second-order valence-corrected chi connectivity index (χ2v) is 14.5. The van der Waals surface area contributed by atoms with Crippen molar-refractivity contribution in [1.29, 1.82) is 0 Å². The number of halogens is 1. The number of nitrogens with zero attached hydrogens (tertiary/aromatic N) is 1. The normalized spacial score (nSPS) is 18.1. The molecule has 0 saturated carbocycles. The molecule has 53 heavy (non-hydrogen) atoms. The molecule has 0 spiro atoms. The Morgan fingerprint density at radius 2 is 1.58 bits per heavy atom. The number of aliphatic hydroxyl groups is 1. The number of fused-ring (bicyclic) bond motifs is 2. The summed E-state index contributed by atoms with van der Waals surface area (Å²) in [4.78, 5) is 15.5. The number of benzene rings is 3. The second-order valence-electron chi connectivity index (χ2n) is 14.5. The molecule has 0 radical (unpaired) electrons. The van der Waals surface area contributed by atoms with E-state index in [-0.39, 0.29) is 35.9 Å². The van der Waals surface area contributed by atoms with Crippen LogP contribution in [0.25, 0.3) is 6.08 Å². The van der Waals surface area contributed by atoms with Crippen molar-refractivity contribution >= 4 is 24.3 Å². The highest BCUT2D eigenvalue weighted by Gasteiger charge is 2.36. The number of morpholine rings is 1. The molecule has 3 aromatic rings. The number of hydrogen-bond acceptors (Lipinski definition) is 10. The molecule has 0 aliphatic carbocycles. The Morgan fingerprint density at radius 3 is 2.23 bits per heavy atom. The van der Waals surface area contributed by atoms with Gasteiger partial charge in [0.1, 0.15) is 45.7 Å². The van der Waals surface area contributed by atoms with E-state index in [1.165, 1.54) is 6.07 Å². The zero-order valence-electron chi connectivity index (χ0n) is 31.9. The number of hydrogen-bond donors (Lipinski definition) is 2. The molecule has 3 aliphatic heterocycles. The average Bonchev–Trinajstić information content (AvgIpc) is 3.11. The van der Waals surface area contributed by atoms with Gasteiger partial charge in [0.2, 0.25) is 0 Å². The molecule has 0 aromatic heterocycles. The smallest absolute Gasteiger partial charge is 0.171 e. The molecule has 0 bridgehead atoms. The standard InChI is InChI=1S/C25H28O6.C17H27NO3.ClH/c1-24(2)9-8-16-20(30-24)7-6-14(23(16)29-5)11-18(26)17-10-15-12-22(28)25(3,4)31-21(15)13-19(17)27;1-2-3-12-20-16-5-7-17(8-6-16)21-13-4-9-18-10-14-19-15-11-18;/h6-10,13,22,27-28H,11-12H2,1-5H3;5-8H,2-4,9-15H2,1H3;1H. The van der Waals surface area contributed by atoms with Gasteiger partial charge in [-0.1, -0.05) is 19.4 Å². The maximum absolute atomic E-state index is 13.1. The predicted molar refractivity (Wildman–Crippen MR) is 209 cm³/mol. The first-order chi connectivity index (χ1) is 24.9. The van der Waals surface area contributed by atoms with Crippen LogP contribution in [0.4, 0.5) is 0 Å². The number of unbranched alkanes of at least 4 members (excludes halogenated alkanes) is 1. The van der Waals surface area contributed by atoms with Gasteiger partial charge in [-0.2, -0.15) is 0 Å². The van der Waals surface area contributed by atoms with Crippen molar-refractivity contribution in [3.63, 3.8) is 0 Å². The van der Waals surface area contributed by atoms with Gasteiger partial charge in [0.15, 0.2) is 5.78 Å². The van der Waals surface area contributed by atoms with Crippen molar-refractivity contribution in [3.8, 4) is 34.5 Å². The summed E-state index contributed by atoms with van der Waals surface area (Å²) in [7, 11) is 1.56. The minimum absolute atomic E-state index is 0. The van der Waals surface area contributed by atoms with Gasteiger partial charge in [0.05, 0.1) is 50.8 Å². The van der Waals surface area contributed by atoms with Crippen molar-refractivity contribution in [2.45, 2.75) is 84.0 Å². The van der Waals surface area contributed by atoms with Gasteiger partial charge in [-0.3, -0.25) is 9.69 Å². The van der Waals surface area contributed by atoms with Crippen LogP contribution in [0.3, 0.4) is 0 Å². The maximum atomic E-state index is 13.1. The molecule has 3 aromatic carbocycles. The number of carbonyl (C=O) groups is 1. The third-order valence-corrected chi connectivity index (χ3v) is 9.47. The van der Waals surface area contributed by atoms with Crippen LogP contribution in [0.5, 0.6) is 34.5 Å². The molecule has 1 saturated heterocycles. The summed E-state index contributed by atoms with van der Waals surface area (Å²) in [5.74, 6) is 3.21. The molecular weight excluding hydrogens is 698 g/mol. The van der Waals surface area contributed by atoms with Crippen molar-refractivity contribution < 1.29 is 43.4 Å². The summed E-state index contributed by atoms with van der Waals surface area (Å²) in [5, 5.41) is 20.8. The fourth-order valence-corrected chi connectivity index (χ4v) is 6.29. The lowest BCUT2D eigenvalue weighted by atomic mass is 9.89. The number of ketones is 1. The lowest BCUT2D eigenvalue weighted by Crippen LogP contribution is -2.46. The van der Waals surface area contributed by atoms with E-state index in [1.807, 2.05) is 62.4 Å². The Balaban J connectivity index is 0.000000250. The lowest BCUT2D eigenvalue weighted by Gasteiger charge is -2.37. The average molecular weight is 754 g/mol. The molecule has 290 valence electrons. The second kappa shape index (κ2) is 18.9. The molecule has 1 unspecified atom stereocenters. The van der Waals surface area contributed by atoms with Crippen LogP contribution in [0.2, 0.25) is 0 Å². The van der Waals surface area contributed by atoms with Crippen molar-refractivity contribution in [2.75, 3.05) is 53.2 Å². The third kappa shape index (κ3) is 11.3. The maximum Gasteiger partial charge on any atom is 0.171 e. The minimum Gasteiger partial charge on any atom is -0.507 e. The summed E-state index contributed by atoms with van der Waals surface area (Å²) >= 11 is 0. The van der Waals surface area contributed by atoms with Crippen LogP contribution in [0.15, 0.2) is 54.6 Å². The van der Waals surface area contributed by atoms with Crippen LogP contribution in [-0.2, 0) is 17.6 Å². The molecular formula is C42H56ClNO9. The minimum atomic E-state index is -0.758. The molecule has 11 heteroatoms. The van der Waals surface area contributed by atoms with Gasteiger partial charge in [-0.25, -0.2) is 0 Å². The number of rotatable bonds is 13. The van der Waals surface area contributed by atoms with E-state index in [1.54, 1.807) is 27.0 Å². The number of ether oxygens (including phenoxy) is 6. The van der Waals surface area contributed by atoms with E-state index in [9.17, 15) is 15.0 Å². The first kappa shape index (κ1) is 41.8. The molecule has 1 fully saturated rings. The summed E-state index contributed by atoms with van der Waals surface area (Å²) < 4.78 is 34.1. The molecule has 0 amide bonds. The van der Waals surface area contributed by atoms with Crippen LogP contribution in [0.1, 0.15) is 80.9 Å². The molecule has 10 nitrogen and oxygen atoms in total. The zero-order chi connectivity index (χ0) is 37.3. The molecule has 2 N–H and O–H groups in total. The highest BCUT2D eigenvalue weighted by Crippen LogP contribution is 2.41. The Bertz CT molecular complexity index is 1680. The molecule has 3 aliphatic rings.